The third kappa shape index (κ3) is 8.85. The molecule has 0 saturated carbocycles. The van der Waals surface area contributed by atoms with Crippen LogP contribution in [-0.4, -0.2) is 64.4 Å². The number of carbonyl (C=O) groups is 3. The van der Waals surface area contributed by atoms with Crippen LogP contribution in [0, 0.1) is 12.7 Å². The van der Waals surface area contributed by atoms with Gasteiger partial charge in [0.2, 0.25) is 0 Å². The average Bonchev–Trinajstić information content (AvgIpc) is 3.62. The first kappa shape index (κ1) is 38.7. The van der Waals surface area contributed by atoms with Crippen LogP contribution in [0.4, 0.5) is 41.8 Å². The van der Waals surface area contributed by atoms with Gasteiger partial charge in [-0.25, -0.2) is 28.7 Å². The van der Waals surface area contributed by atoms with Crippen molar-refractivity contribution in [2.45, 2.75) is 106 Å². The van der Waals surface area contributed by atoms with E-state index in [2.05, 4.69) is 30.2 Å². The summed E-state index contributed by atoms with van der Waals surface area (Å²) in [5.74, 6) is 1.06. The van der Waals surface area contributed by atoms with E-state index in [-0.39, 0.29) is 27.9 Å². The summed E-state index contributed by atoms with van der Waals surface area (Å²) < 4.78 is 37.5. The van der Waals surface area contributed by atoms with Gasteiger partial charge in [-0.1, -0.05) is 0 Å². The smallest absolute Gasteiger partial charge is 0.424 e. The van der Waals surface area contributed by atoms with E-state index in [1.54, 1.807) is 87.6 Å². The summed E-state index contributed by atoms with van der Waals surface area (Å²) in [6, 6.07) is 5.24. The number of anilines is 4. The predicted octanol–water partition coefficient (Wildman–Crippen LogP) is 8.51. The normalized spacial score (nSPS) is 13.0. The number of carbonyl (C=O) groups excluding carboxylic acids is 3. The summed E-state index contributed by atoms with van der Waals surface area (Å²) in [4.78, 5) is 54.2. The van der Waals surface area contributed by atoms with E-state index in [1.807, 2.05) is 16.9 Å². The molecule has 0 radical (unpaired) electrons. The van der Waals surface area contributed by atoms with E-state index in [0.717, 1.165) is 29.4 Å². The van der Waals surface area contributed by atoms with Gasteiger partial charge in [-0.2, -0.15) is 10.00 Å². The Balaban J connectivity index is 1.44. The SMILES string of the molecule is Cc1c(-c2cc3cc(Nc4cc5n(n4)Cc4nccn4CC5)ncc3c(NC(=O)OC(C)(C)C)c2F)cncc1N(C(=O)OC(C)(C)C)C(=O)OC(C)(C)C. The van der Waals surface area contributed by atoms with Gasteiger partial charge in [0.1, 0.15) is 28.4 Å². The molecule has 1 aromatic carbocycles. The number of aryl methyl sites for hydroxylation is 2. The summed E-state index contributed by atoms with van der Waals surface area (Å²) in [6.07, 6.45) is 5.77. The summed E-state index contributed by atoms with van der Waals surface area (Å²) in [7, 11) is 0. The molecule has 3 amide bonds. The Bertz CT molecular complexity index is 2270. The highest BCUT2D eigenvalue weighted by atomic mass is 19.1. The van der Waals surface area contributed by atoms with Crippen molar-refractivity contribution in [2.75, 3.05) is 15.5 Å². The molecule has 15 nitrogen and oxygen atoms in total. The number of amides is 3. The van der Waals surface area contributed by atoms with Crippen molar-refractivity contribution in [3.63, 3.8) is 0 Å². The molecule has 5 heterocycles. The molecule has 55 heavy (non-hydrogen) atoms. The number of fused-ring (bicyclic) bond motifs is 3. The van der Waals surface area contributed by atoms with Gasteiger partial charge >= 0.3 is 18.3 Å². The Morgan fingerprint density at radius 2 is 1.51 bits per heavy atom. The van der Waals surface area contributed by atoms with E-state index in [4.69, 9.17) is 19.3 Å². The van der Waals surface area contributed by atoms with Crippen molar-refractivity contribution < 1.29 is 33.0 Å². The molecule has 5 aromatic rings. The molecule has 2 N–H and O–H groups in total. The number of nitrogens with zero attached hydrogens (tertiary/aromatic N) is 7. The minimum absolute atomic E-state index is 0.0140. The standard InChI is InChI=1S/C39H46FN9O6/c1-22-26(18-41-20-28(22)49(35(51)54-38(5,6)7)36(52)55-39(8,9)10)25-15-23-16-29(43-19-27(23)33(32(25)40)45-34(50)53-37(2,3)4)44-30-17-24-11-13-47-14-12-42-31(47)21-48(24)46-30/h12,14-20H,11,13,21H2,1-10H3,(H,45,50)(H,43,44,46). The summed E-state index contributed by atoms with van der Waals surface area (Å²) >= 11 is 0. The Labute approximate surface area is 318 Å². The second-order valence-electron chi connectivity index (χ2n) is 16.2. The first-order chi connectivity index (χ1) is 25.7. The third-order valence-electron chi connectivity index (χ3n) is 8.28. The predicted molar refractivity (Wildman–Crippen MR) is 205 cm³/mol. The zero-order chi connectivity index (χ0) is 40.0. The molecule has 0 aliphatic carbocycles. The number of ether oxygens (including phenoxy) is 3. The lowest BCUT2D eigenvalue weighted by Gasteiger charge is -2.29. The topological polar surface area (TPSA) is 168 Å². The van der Waals surface area contributed by atoms with Gasteiger partial charge < -0.3 is 24.1 Å². The van der Waals surface area contributed by atoms with Gasteiger partial charge in [0, 0.05) is 66.0 Å². The Morgan fingerprint density at radius 1 is 0.836 bits per heavy atom. The molecule has 1 aliphatic rings. The van der Waals surface area contributed by atoms with Crippen LogP contribution in [0.2, 0.25) is 0 Å². The molecule has 0 unspecified atom stereocenters. The second-order valence-corrected chi connectivity index (χ2v) is 16.2. The van der Waals surface area contributed by atoms with Crippen molar-refractivity contribution in [1.29, 1.82) is 0 Å². The third-order valence-corrected chi connectivity index (χ3v) is 8.28. The molecule has 0 saturated heterocycles. The van der Waals surface area contributed by atoms with Crippen LogP contribution >= 0.6 is 0 Å². The fourth-order valence-electron chi connectivity index (χ4n) is 6.01. The van der Waals surface area contributed by atoms with Crippen molar-refractivity contribution >= 4 is 52.1 Å². The van der Waals surface area contributed by atoms with Gasteiger partial charge in [-0.3, -0.25) is 15.0 Å². The molecule has 0 bridgehead atoms. The first-order valence-electron chi connectivity index (χ1n) is 17.8. The van der Waals surface area contributed by atoms with Gasteiger partial charge in [0.25, 0.3) is 0 Å². The summed E-state index contributed by atoms with van der Waals surface area (Å²) in [6.45, 7) is 18.0. The van der Waals surface area contributed by atoms with Crippen LogP contribution < -0.4 is 15.5 Å². The molecule has 16 heteroatoms. The van der Waals surface area contributed by atoms with Gasteiger partial charge in [-0.05, 0) is 92.3 Å². The second kappa shape index (κ2) is 14.3. The lowest BCUT2D eigenvalue weighted by Crippen LogP contribution is -2.44. The molecule has 4 aromatic heterocycles. The number of pyridine rings is 2. The molecule has 0 spiro atoms. The van der Waals surface area contributed by atoms with Gasteiger partial charge in [0.15, 0.2) is 11.6 Å². The van der Waals surface area contributed by atoms with E-state index in [0.29, 0.717) is 29.1 Å². The maximum absolute atomic E-state index is 16.9. The van der Waals surface area contributed by atoms with E-state index >= 15 is 4.39 Å². The molecular formula is C39H46FN9O6. The minimum atomic E-state index is -1.00. The number of nitrogens with one attached hydrogen (secondary N) is 2. The summed E-state index contributed by atoms with van der Waals surface area (Å²) in [5.41, 5.74) is -1.39. The molecular weight excluding hydrogens is 709 g/mol. The van der Waals surface area contributed by atoms with Crippen LogP contribution in [0.15, 0.2) is 49.2 Å². The number of aromatic nitrogens is 6. The summed E-state index contributed by atoms with van der Waals surface area (Å²) in [5, 5.41) is 11.3. The largest absolute Gasteiger partial charge is 0.444 e. The van der Waals surface area contributed by atoms with Crippen molar-refractivity contribution in [3.05, 3.63) is 72.1 Å². The number of imide groups is 1. The van der Waals surface area contributed by atoms with Crippen LogP contribution in [-0.2, 0) is 33.7 Å². The van der Waals surface area contributed by atoms with Crippen LogP contribution in [0.25, 0.3) is 21.9 Å². The number of rotatable bonds is 5. The number of imidazole rings is 1. The van der Waals surface area contributed by atoms with Crippen molar-refractivity contribution in [1.82, 2.24) is 29.3 Å². The Hall–Kier alpha value is -6.06. The average molecular weight is 756 g/mol. The zero-order valence-corrected chi connectivity index (χ0v) is 32.7. The highest BCUT2D eigenvalue weighted by Gasteiger charge is 2.35. The molecule has 0 atom stereocenters. The number of halogens is 1. The lowest BCUT2D eigenvalue weighted by atomic mass is 9.97. The van der Waals surface area contributed by atoms with Crippen LogP contribution in [0.5, 0.6) is 0 Å². The van der Waals surface area contributed by atoms with E-state index in [9.17, 15) is 14.4 Å². The lowest BCUT2D eigenvalue weighted by molar-refractivity contribution is 0.0429. The Morgan fingerprint density at radius 3 is 2.16 bits per heavy atom. The number of benzene rings is 1. The fourth-order valence-corrected chi connectivity index (χ4v) is 6.01. The van der Waals surface area contributed by atoms with Gasteiger partial charge in [0.05, 0.1) is 24.1 Å². The van der Waals surface area contributed by atoms with Gasteiger partial charge in [-0.15, -0.1) is 0 Å². The first-order valence-corrected chi connectivity index (χ1v) is 17.8. The number of hydrogen-bond donors (Lipinski definition) is 2. The van der Waals surface area contributed by atoms with E-state index < -0.39 is 40.9 Å². The molecule has 0 fully saturated rings. The molecule has 290 valence electrons. The monoisotopic (exact) mass is 755 g/mol. The minimum Gasteiger partial charge on any atom is -0.444 e. The maximum atomic E-state index is 16.9. The number of hydrogen-bond acceptors (Lipinski definition) is 11. The van der Waals surface area contributed by atoms with Crippen molar-refractivity contribution in [3.8, 4) is 11.1 Å². The van der Waals surface area contributed by atoms with Crippen molar-refractivity contribution in [2.24, 2.45) is 0 Å². The fraction of sp³-hybridized carbons (Fsp3) is 0.410. The molecule has 1 aliphatic heterocycles. The van der Waals surface area contributed by atoms with E-state index in [1.165, 1.54) is 18.6 Å². The van der Waals surface area contributed by atoms with Crippen LogP contribution in [0.3, 0.4) is 0 Å². The highest BCUT2D eigenvalue weighted by molar-refractivity contribution is 6.11. The highest BCUT2D eigenvalue weighted by Crippen LogP contribution is 2.39. The Kier molecular flexibility index (Phi) is 10.1. The van der Waals surface area contributed by atoms with Crippen LogP contribution in [0.1, 0.15) is 79.4 Å². The quantitative estimate of drug-likeness (QED) is 0.165. The molecule has 6 rings (SSSR count). The maximum Gasteiger partial charge on any atom is 0.424 e. The zero-order valence-electron chi connectivity index (χ0n) is 32.7.